The van der Waals surface area contributed by atoms with E-state index in [4.69, 9.17) is 4.42 Å². The van der Waals surface area contributed by atoms with E-state index in [2.05, 4.69) is 5.43 Å². The van der Waals surface area contributed by atoms with Gasteiger partial charge in [-0.1, -0.05) is 17.7 Å². The summed E-state index contributed by atoms with van der Waals surface area (Å²) in [4.78, 5) is 35.2. The van der Waals surface area contributed by atoms with Crippen LogP contribution < -0.4 is 10.4 Å². The molecule has 29 heavy (non-hydrogen) atoms. The number of aryl methyl sites for hydroxylation is 1. The highest BCUT2D eigenvalue weighted by Gasteiger charge is 2.34. The first kappa shape index (κ1) is 18.2. The number of benzene rings is 2. The fourth-order valence-electron chi connectivity index (χ4n) is 2.91. The molecule has 0 spiro atoms. The number of amides is 2. The first-order chi connectivity index (χ1) is 13.9. The maximum absolute atomic E-state index is 12.7. The third kappa shape index (κ3) is 3.51. The zero-order valence-corrected chi connectivity index (χ0v) is 15.3. The third-order valence-electron chi connectivity index (χ3n) is 4.46. The maximum Gasteiger partial charge on any atom is 0.282 e. The molecule has 8 nitrogen and oxygen atoms in total. The molecule has 4 rings (SSSR count). The van der Waals surface area contributed by atoms with E-state index in [1.54, 1.807) is 36.4 Å². The van der Waals surface area contributed by atoms with E-state index in [0.29, 0.717) is 22.8 Å². The molecule has 1 saturated heterocycles. The largest absolute Gasteiger partial charge is 0.457 e. The molecule has 2 heterocycles. The molecule has 0 radical (unpaired) electrons. The first-order valence-electron chi connectivity index (χ1n) is 8.71. The number of nitro benzene ring substituents is 1. The molecule has 3 aromatic rings. The van der Waals surface area contributed by atoms with E-state index in [9.17, 15) is 19.7 Å². The Bertz CT molecular complexity index is 1140. The molecule has 1 aromatic heterocycles. The van der Waals surface area contributed by atoms with Crippen molar-refractivity contribution >= 4 is 29.3 Å². The van der Waals surface area contributed by atoms with Crippen molar-refractivity contribution < 1.29 is 18.9 Å². The van der Waals surface area contributed by atoms with E-state index in [1.807, 2.05) is 19.1 Å². The molecule has 1 N–H and O–H groups in total. The molecule has 1 aliphatic heterocycles. The van der Waals surface area contributed by atoms with Gasteiger partial charge < -0.3 is 4.42 Å². The zero-order chi connectivity index (χ0) is 20.5. The number of carbonyl (C=O) groups excluding carboxylic acids is 2. The Morgan fingerprint density at radius 1 is 1.00 bits per heavy atom. The Kier molecular flexibility index (Phi) is 4.44. The number of non-ortho nitro benzene ring substituents is 1. The number of nitrogens with zero attached hydrogens (tertiary/aromatic N) is 2. The van der Waals surface area contributed by atoms with Gasteiger partial charge >= 0.3 is 0 Å². The lowest BCUT2D eigenvalue weighted by Gasteiger charge is -2.14. The van der Waals surface area contributed by atoms with Crippen LogP contribution in [-0.2, 0) is 9.59 Å². The second-order valence-electron chi connectivity index (χ2n) is 6.48. The highest BCUT2D eigenvalue weighted by molar-refractivity contribution is 6.31. The van der Waals surface area contributed by atoms with Crippen LogP contribution in [0.15, 0.2) is 70.7 Å². The number of hydrazine groups is 1. The van der Waals surface area contributed by atoms with Gasteiger partial charge in [-0.2, -0.15) is 0 Å². The molecule has 0 saturated carbocycles. The van der Waals surface area contributed by atoms with Crippen molar-refractivity contribution in [3.63, 3.8) is 0 Å². The number of hydrogen-bond donors (Lipinski definition) is 1. The van der Waals surface area contributed by atoms with Crippen molar-refractivity contribution in [3.8, 4) is 11.3 Å². The Labute approximate surface area is 165 Å². The Morgan fingerprint density at radius 2 is 1.69 bits per heavy atom. The van der Waals surface area contributed by atoms with Gasteiger partial charge in [0.25, 0.3) is 17.5 Å². The molecule has 144 valence electrons. The van der Waals surface area contributed by atoms with Gasteiger partial charge in [0.1, 0.15) is 17.1 Å². The number of carbonyl (C=O) groups is 2. The van der Waals surface area contributed by atoms with E-state index in [-0.39, 0.29) is 11.3 Å². The number of hydrogen-bond acceptors (Lipinski definition) is 5. The molecule has 0 aliphatic carbocycles. The van der Waals surface area contributed by atoms with E-state index < -0.39 is 16.7 Å². The summed E-state index contributed by atoms with van der Waals surface area (Å²) in [5, 5.41) is 11.9. The smallest absolute Gasteiger partial charge is 0.282 e. The molecular weight excluding hydrogens is 374 g/mol. The molecule has 8 heteroatoms. The summed E-state index contributed by atoms with van der Waals surface area (Å²) in [5.41, 5.74) is 4.71. The van der Waals surface area contributed by atoms with Crippen molar-refractivity contribution in [2.45, 2.75) is 6.92 Å². The predicted octanol–water partition coefficient (Wildman–Crippen LogP) is 3.62. The summed E-state index contributed by atoms with van der Waals surface area (Å²) in [6.45, 7) is 1.93. The minimum absolute atomic E-state index is 0.0212. The van der Waals surface area contributed by atoms with Crippen molar-refractivity contribution in [2.75, 3.05) is 5.01 Å². The summed E-state index contributed by atoms with van der Waals surface area (Å²) in [7, 11) is 0. The van der Waals surface area contributed by atoms with Crippen LogP contribution in [0.2, 0.25) is 0 Å². The van der Waals surface area contributed by atoms with Gasteiger partial charge in [0.2, 0.25) is 0 Å². The highest BCUT2D eigenvalue weighted by atomic mass is 16.6. The topological polar surface area (TPSA) is 106 Å². The standard InChI is InChI=1S/C21H15N3O5/c1-13-2-6-15(7-3-13)23-21(26)18(20(25)22-23)12-17-10-11-19(29-17)14-4-8-16(9-5-14)24(27)28/h2-12H,1H3,(H,22,25)/b18-12-. The SMILES string of the molecule is Cc1ccc(N2NC(=O)/C(=C/c3ccc(-c4ccc([N+](=O)[O-])cc4)o3)C2=O)cc1. The van der Waals surface area contributed by atoms with Crippen molar-refractivity contribution in [1.29, 1.82) is 0 Å². The monoisotopic (exact) mass is 389 g/mol. The van der Waals surface area contributed by atoms with E-state index in [1.165, 1.54) is 23.2 Å². The van der Waals surface area contributed by atoms with E-state index in [0.717, 1.165) is 5.56 Å². The Morgan fingerprint density at radius 3 is 2.34 bits per heavy atom. The molecule has 1 aliphatic rings. The summed E-state index contributed by atoms with van der Waals surface area (Å²) in [6.07, 6.45) is 1.38. The maximum atomic E-state index is 12.7. The summed E-state index contributed by atoms with van der Waals surface area (Å²) in [6, 6.07) is 16.4. The molecule has 1 fully saturated rings. The van der Waals surface area contributed by atoms with Gasteiger partial charge in [-0.3, -0.25) is 25.1 Å². The summed E-state index contributed by atoms with van der Waals surface area (Å²) >= 11 is 0. The van der Waals surface area contributed by atoms with Crippen LogP contribution in [0.3, 0.4) is 0 Å². The lowest BCUT2D eigenvalue weighted by molar-refractivity contribution is -0.384. The van der Waals surface area contributed by atoms with Gasteiger partial charge in [0.15, 0.2) is 0 Å². The normalized spacial score (nSPS) is 15.1. The van der Waals surface area contributed by atoms with Crippen molar-refractivity contribution in [2.24, 2.45) is 0 Å². The number of anilines is 1. The van der Waals surface area contributed by atoms with Crippen LogP contribution in [0.5, 0.6) is 0 Å². The third-order valence-corrected chi connectivity index (χ3v) is 4.46. The van der Waals surface area contributed by atoms with Gasteiger partial charge in [0, 0.05) is 17.7 Å². The van der Waals surface area contributed by atoms with Crippen molar-refractivity contribution in [3.05, 3.63) is 87.7 Å². The Hall–Kier alpha value is -4.20. The first-order valence-corrected chi connectivity index (χ1v) is 8.71. The number of nitro groups is 1. The minimum Gasteiger partial charge on any atom is -0.457 e. The van der Waals surface area contributed by atoms with Crippen molar-refractivity contribution in [1.82, 2.24) is 5.43 Å². The van der Waals surface area contributed by atoms with Crippen LogP contribution in [-0.4, -0.2) is 16.7 Å². The molecule has 0 unspecified atom stereocenters. The summed E-state index contributed by atoms with van der Waals surface area (Å²) in [5.74, 6) is -0.216. The fourth-order valence-corrected chi connectivity index (χ4v) is 2.91. The predicted molar refractivity (Wildman–Crippen MR) is 106 cm³/mol. The second-order valence-corrected chi connectivity index (χ2v) is 6.48. The lowest BCUT2D eigenvalue weighted by atomic mass is 10.1. The molecule has 0 atom stereocenters. The van der Waals surface area contributed by atoms with Gasteiger partial charge in [0.05, 0.1) is 10.6 Å². The van der Waals surface area contributed by atoms with Gasteiger partial charge in [-0.25, -0.2) is 5.01 Å². The number of nitrogens with one attached hydrogen (secondary N) is 1. The van der Waals surface area contributed by atoms with Crippen LogP contribution in [0.25, 0.3) is 17.4 Å². The summed E-state index contributed by atoms with van der Waals surface area (Å²) < 4.78 is 5.69. The van der Waals surface area contributed by atoms with E-state index >= 15 is 0 Å². The zero-order valence-electron chi connectivity index (χ0n) is 15.3. The Balaban J connectivity index is 1.58. The number of rotatable bonds is 4. The average molecular weight is 389 g/mol. The number of furan rings is 1. The fraction of sp³-hybridized carbons (Fsp3) is 0.0476. The average Bonchev–Trinajstić information content (AvgIpc) is 3.29. The molecular formula is C21H15N3O5. The second kappa shape index (κ2) is 7.08. The van der Waals surface area contributed by atoms with Crippen LogP contribution in [0.1, 0.15) is 11.3 Å². The van der Waals surface area contributed by atoms with Crippen LogP contribution in [0, 0.1) is 17.0 Å². The van der Waals surface area contributed by atoms with Gasteiger partial charge in [-0.15, -0.1) is 0 Å². The minimum atomic E-state index is -0.524. The lowest BCUT2D eigenvalue weighted by Crippen LogP contribution is -2.35. The molecule has 2 amide bonds. The van der Waals surface area contributed by atoms with Crippen LogP contribution >= 0.6 is 0 Å². The highest BCUT2D eigenvalue weighted by Crippen LogP contribution is 2.27. The van der Waals surface area contributed by atoms with Crippen LogP contribution in [0.4, 0.5) is 11.4 Å². The molecule has 2 aromatic carbocycles. The molecule has 0 bridgehead atoms. The van der Waals surface area contributed by atoms with Gasteiger partial charge in [-0.05, 0) is 49.4 Å². The quantitative estimate of drug-likeness (QED) is 0.317.